The maximum absolute atomic E-state index is 13.1. The molecule has 0 aromatic carbocycles. The van der Waals surface area contributed by atoms with E-state index in [-0.39, 0.29) is 0 Å². The van der Waals surface area contributed by atoms with Crippen molar-refractivity contribution in [2.45, 2.75) is 267 Å². The van der Waals surface area contributed by atoms with Crippen molar-refractivity contribution in [2.24, 2.45) is 0 Å². The number of hydrogen-bond donors (Lipinski definition) is 24. The van der Waals surface area contributed by atoms with E-state index < -0.39 is 303 Å². The molecule has 3 amide bonds. The van der Waals surface area contributed by atoms with E-state index in [1.165, 1.54) is 6.92 Å². The van der Waals surface area contributed by atoms with E-state index in [4.69, 9.17) is 71.1 Å². The molecule has 95 heavy (non-hydrogen) atoms. The van der Waals surface area contributed by atoms with Crippen LogP contribution in [0.15, 0.2) is 0 Å². The van der Waals surface area contributed by atoms with E-state index in [9.17, 15) is 122 Å². The number of ether oxygens (including phenoxy) is 15. The summed E-state index contributed by atoms with van der Waals surface area (Å²) in [7, 11) is 0. The smallest absolute Gasteiger partial charge is 0.217 e. The maximum Gasteiger partial charge on any atom is 0.217 e. The van der Waals surface area contributed by atoms with Gasteiger partial charge < -0.3 is 194 Å². The summed E-state index contributed by atoms with van der Waals surface area (Å²) >= 11 is 0. The first-order valence-electron chi connectivity index (χ1n) is 30.4. The second-order valence-electron chi connectivity index (χ2n) is 24.2. The molecule has 42 heteroatoms. The number of aliphatic hydroxyl groups is 21. The van der Waals surface area contributed by atoms with Crippen LogP contribution in [-0.2, 0) is 85.4 Å². The van der Waals surface area contributed by atoms with Crippen molar-refractivity contribution in [3.8, 4) is 0 Å². The molecule has 24 N–H and O–H groups in total. The minimum absolute atomic E-state index is 0.757. The Bertz CT molecular complexity index is 2440. The minimum Gasteiger partial charge on any atom is -0.394 e. The number of hydrogen-bond acceptors (Lipinski definition) is 39. The molecule has 8 aliphatic rings. The molecule has 8 heterocycles. The molecule has 0 aromatic rings. The molecule has 0 radical (unpaired) electrons. The van der Waals surface area contributed by atoms with E-state index in [0.717, 1.165) is 20.8 Å². The Morgan fingerprint density at radius 2 is 0.737 bits per heavy atom. The zero-order valence-corrected chi connectivity index (χ0v) is 51.2. The highest BCUT2D eigenvalue weighted by Gasteiger charge is 2.60. The molecule has 42 nitrogen and oxygen atoms in total. The Labute approximate surface area is 538 Å². The highest BCUT2D eigenvalue weighted by molar-refractivity contribution is 5.74. The van der Waals surface area contributed by atoms with Gasteiger partial charge in [0.1, 0.15) is 183 Å². The zero-order chi connectivity index (χ0) is 69.9. The van der Waals surface area contributed by atoms with Crippen LogP contribution in [0.2, 0.25) is 0 Å². The second kappa shape index (κ2) is 33.6. The van der Waals surface area contributed by atoms with Crippen molar-refractivity contribution in [3.05, 3.63) is 0 Å². The summed E-state index contributed by atoms with van der Waals surface area (Å²) in [5, 5.41) is 238. The number of nitrogens with one attached hydrogen (secondary N) is 3. The van der Waals surface area contributed by atoms with Gasteiger partial charge in [-0.2, -0.15) is 0 Å². The molecule has 550 valence electrons. The fraction of sp³-hybridized carbons (Fsp3) is 0.943. The van der Waals surface area contributed by atoms with Crippen molar-refractivity contribution < 1.29 is 193 Å². The number of carbonyl (C=O) groups is 3. The quantitative estimate of drug-likeness (QED) is 0.0452. The molecular formula is C53H89N3O39. The van der Waals surface area contributed by atoms with Crippen LogP contribution in [0, 0.1) is 0 Å². The van der Waals surface area contributed by atoms with Crippen molar-refractivity contribution in [2.75, 3.05) is 46.2 Å². The van der Waals surface area contributed by atoms with Gasteiger partial charge >= 0.3 is 0 Å². The van der Waals surface area contributed by atoms with E-state index in [1.54, 1.807) is 0 Å². The van der Waals surface area contributed by atoms with Crippen LogP contribution in [0.25, 0.3) is 0 Å². The maximum atomic E-state index is 13.1. The van der Waals surface area contributed by atoms with Crippen LogP contribution >= 0.6 is 0 Å². The monoisotopic (exact) mass is 1390 g/mol. The van der Waals surface area contributed by atoms with E-state index in [2.05, 4.69) is 16.0 Å². The predicted octanol–water partition coefficient (Wildman–Crippen LogP) is -16.4. The van der Waals surface area contributed by atoms with Crippen LogP contribution in [0.5, 0.6) is 0 Å². The number of carbonyl (C=O) groups excluding carboxylic acids is 3. The number of aliphatic hydroxyl groups excluding tert-OH is 21. The van der Waals surface area contributed by atoms with E-state index in [0.29, 0.717) is 0 Å². The molecular weight excluding hydrogens is 1300 g/mol. The lowest BCUT2D eigenvalue weighted by Gasteiger charge is -2.52. The normalized spacial score (nSPS) is 49.9. The number of amides is 3. The lowest BCUT2D eigenvalue weighted by atomic mass is 9.93. The van der Waals surface area contributed by atoms with Gasteiger partial charge in [0.2, 0.25) is 17.7 Å². The van der Waals surface area contributed by atoms with Gasteiger partial charge in [0.05, 0.1) is 52.4 Å². The first kappa shape index (κ1) is 77.7. The van der Waals surface area contributed by atoms with Gasteiger partial charge in [-0.15, -0.1) is 0 Å². The largest absolute Gasteiger partial charge is 0.394 e. The fourth-order valence-electron chi connectivity index (χ4n) is 12.2. The number of rotatable bonds is 23. The van der Waals surface area contributed by atoms with Crippen LogP contribution in [0.3, 0.4) is 0 Å². The topological polar surface area (TPSA) is 651 Å². The van der Waals surface area contributed by atoms with Crippen LogP contribution in [0.4, 0.5) is 0 Å². The Balaban J connectivity index is 1.13. The van der Waals surface area contributed by atoms with E-state index in [1.807, 2.05) is 0 Å². The molecule has 0 unspecified atom stereocenters. The van der Waals surface area contributed by atoms with Crippen molar-refractivity contribution in [1.82, 2.24) is 16.0 Å². The molecule has 8 rings (SSSR count). The average Bonchev–Trinajstić information content (AvgIpc) is 0.770. The van der Waals surface area contributed by atoms with Crippen LogP contribution < -0.4 is 16.0 Å². The minimum atomic E-state index is -2.36. The highest BCUT2D eigenvalue weighted by Crippen LogP contribution is 2.39. The SMILES string of the molecule is CC(=O)N[C@@H]1[C@@H](O[C@@H]2O[C@@H](C)[C@@H](O)[C@@H](O)[C@@H]2O)[C@H](O[C@@H]2O[C@H](CO)[C@@H](O[C@@H]3O[C@H](CO[C@H]4O[C@H](CO)[C@@H](O[C@@H]5O[C@H](CO)[C@@H](O)[C@H](O)[C@H]5NC(C)=O)[C@H](O)[C@@H]4O)[C@@H](O)[C@H](O[C@H]4O[C@H](CO)[C@@H](O)[C@H](O)[C@@H]4O)[C@@H]3O[C@@H]3OC[C@@H](O)[C@H](O)[C@H]3O)[C@H](O)[C@H]2NC(C)=O)[C@@H](CO)O[C@H]1O. The first-order valence-corrected chi connectivity index (χ1v) is 30.4. The van der Waals surface area contributed by atoms with E-state index >= 15 is 0 Å². The zero-order valence-electron chi connectivity index (χ0n) is 51.2. The standard InChI is InChI=1S/C53H89N3O39/c1-12-26(66)33(73)37(77)51(83-12)93-43-25(56-15(4)64)46(80)84-21(9-61)42(43)92-48-24(55-14(3)63)32(72)40(19(7-59)87-48)91-53-45(95-50-36(76)27(67)16(65)10-81-50)44(94-52-38(78)34(74)29(69)18(6-58)86-52)30(70)22(89-53)11-82-49-39(79)35(75)41(20(8-60)88-49)90-47-23(54-13(2)62)31(71)28(68)17(5-57)85-47/h12,16-53,57-61,65-80H,5-11H2,1-4H3,(H,54,62)(H,55,63)(H,56,64)/t12-,16+,17+,18+,19+,20+,21+,22+,23+,24+,25+,26+,27-,28+,29+,30+,31+,32+,33+,34-,35+,36+,37-,38-,39-,40+,41+,42+,43+,44-,45-,46+,47-,48-,49-,50-,51-,52+,53-/m0/s1. The Morgan fingerprint density at radius 1 is 0.337 bits per heavy atom. The Morgan fingerprint density at radius 3 is 1.31 bits per heavy atom. The van der Waals surface area contributed by atoms with Crippen LogP contribution in [-0.4, -0.2) is 411 Å². The third-order valence-corrected chi connectivity index (χ3v) is 17.4. The third-order valence-electron chi connectivity index (χ3n) is 17.4. The molecule has 8 aliphatic heterocycles. The molecule has 0 aliphatic carbocycles. The van der Waals surface area contributed by atoms with Gasteiger partial charge in [0.25, 0.3) is 0 Å². The van der Waals surface area contributed by atoms with Crippen molar-refractivity contribution in [1.29, 1.82) is 0 Å². The summed E-state index contributed by atoms with van der Waals surface area (Å²) in [6, 6.07) is -5.26. The summed E-state index contributed by atoms with van der Waals surface area (Å²) < 4.78 is 88.9. The van der Waals surface area contributed by atoms with Crippen molar-refractivity contribution in [3.63, 3.8) is 0 Å². The van der Waals surface area contributed by atoms with Gasteiger partial charge in [0, 0.05) is 20.8 Å². The van der Waals surface area contributed by atoms with Gasteiger partial charge in [0.15, 0.2) is 50.3 Å². The Kier molecular flexibility index (Phi) is 27.5. The van der Waals surface area contributed by atoms with Gasteiger partial charge in [-0.25, -0.2) is 0 Å². The lowest BCUT2D eigenvalue weighted by molar-refractivity contribution is -0.405. The average molecular weight is 1390 g/mol. The molecule has 0 bridgehead atoms. The summed E-state index contributed by atoms with van der Waals surface area (Å²) in [6.45, 7) is -2.76. The molecule has 39 atom stereocenters. The lowest BCUT2D eigenvalue weighted by Crippen LogP contribution is -2.71. The molecule has 0 aromatic heterocycles. The molecule has 0 saturated carbocycles. The third kappa shape index (κ3) is 17.1. The van der Waals surface area contributed by atoms with Crippen molar-refractivity contribution >= 4 is 17.7 Å². The summed E-state index contributed by atoms with van der Waals surface area (Å²) in [5.74, 6) is -2.53. The molecule has 0 spiro atoms. The highest BCUT2D eigenvalue weighted by atomic mass is 16.8. The molecule has 8 fully saturated rings. The van der Waals surface area contributed by atoms with Gasteiger partial charge in [-0.05, 0) is 6.92 Å². The van der Waals surface area contributed by atoms with Crippen LogP contribution in [0.1, 0.15) is 27.7 Å². The first-order chi connectivity index (χ1) is 44.9. The summed E-state index contributed by atoms with van der Waals surface area (Å²) in [5.41, 5.74) is 0. The van der Waals surface area contributed by atoms with Gasteiger partial charge in [-0.1, -0.05) is 0 Å². The fourth-order valence-corrected chi connectivity index (χ4v) is 12.2. The van der Waals surface area contributed by atoms with Gasteiger partial charge in [-0.3, -0.25) is 14.4 Å². The Hall–Kier alpha value is -3.03. The predicted molar refractivity (Wildman–Crippen MR) is 292 cm³/mol. The summed E-state index contributed by atoms with van der Waals surface area (Å²) in [6.07, 6.45) is -71.3. The molecule has 8 saturated heterocycles. The summed E-state index contributed by atoms with van der Waals surface area (Å²) in [4.78, 5) is 37.9. The second-order valence-corrected chi connectivity index (χ2v) is 24.2.